The second-order valence-corrected chi connectivity index (χ2v) is 7.56. The van der Waals surface area contributed by atoms with Gasteiger partial charge in [0.1, 0.15) is 0 Å². The minimum absolute atomic E-state index is 0.188. The molecule has 1 aromatic rings. The van der Waals surface area contributed by atoms with E-state index in [1.807, 2.05) is 12.1 Å². The van der Waals surface area contributed by atoms with Crippen molar-refractivity contribution < 1.29 is 9.53 Å². The van der Waals surface area contributed by atoms with Gasteiger partial charge in [0.2, 0.25) is 0 Å². The zero-order valence-corrected chi connectivity index (χ0v) is 14.8. The van der Waals surface area contributed by atoms with Crippen LogP contribution in [0.5, 0.6) is 0 Å². The standard InChI is InChI=1S/C20H30N2O2/c1-15-4-8-22(9-5-15)14-17-2-3-19(21)18(12-17)20(23)13-16-6-10-24-11-7-16/h2-3,12,15-16H,4-11,13-14,21H2,1H3. The molecule has 4 nitrogen and oxygen atoms in total. The highest BCUT2D eigenvalue weighted by atomic mass is 16.5. The molecule has 0 bridgehead atoms. The number of ether oxygens (including phenoxy) is 1. The topological polar surface area (TPSA) is 55.6 Å². The fourth-order valence-corrected chi connectivity index (χ4v) is 3.74. The van der Waals surface area contributed by atoms with Gasteiger partial charge in [-0.05, 0) is 68.3 Å². The number of nitrogens with zero attached hydrogens (tertiary/aromatic N) is 1. The van der Waals surface area contributed by atoms with E-state index in [9.17, 15) is 4.79 Å². The molecular weight excluding hydrogens is 300 g/mol. The molecule has 0 aliphatic carbocycles. The first-order valence-corrected chi connectivity index (χ1v) is 9.33. The Hall–Kier alpha value is -1.39. The van der Waals surface area contributed by atoms with E-state index in [-0.39, 0.29) is 5.78 Å². The van der Waals surface area contributed by atoms with E-state index >= 15 is 0 Å². The quantitative estimate of drug-likeness (QED) is 0.663. The largest absolute Gasteiger partial charge is 0.398 e. The minimum atomic E-state index is 0.188. The van der Waals surface area contributed by atoms with Crippen LogP contribution in [0, 0.1) is 11.8 Å². The molecule has 132 valence electrons. The SMILES string of the molecule is CC1CCN(Cc2ccc(N)c(C(=O)CC3CCOCC3)c2)CC1. The van der Waals surface area contributed by atoms with Crippen molar-refractivity contribution in [2.24, 2.45) is 11.8 Å². The first-order chi connectivity index (χ1) is 11.6. The van der Waals surface area contributed by atoms with Crippen LogP contribution >= 0.6 is 0 Å². The third-order valence-corrected chi connectivity index (χ3v) is 5.52. The molecule has 0 unspecified atom stereocenters. The zero-order valence-electron chi connectivity index (χ0n) is 14.8. The van der Waals surface area contributed by atoms with Crippen LogP contribution in [-0.2, 0) is 11.3 Å². The van der Waals surface area contributed by atoms with Gasteiger partial charge in [-0.15, -0.1) is 0 Å². The van der Waals surface area contributed by atoms with Crippen LogP contribution in [0.25, 0.3) is 0 Å². The molecule has 2 aliphatic heterocycles. The number of ketones is 1. The van der Waals surface area contributed by atoms with Crippen LogP contribution in [0.3, 0.4) is 0 Å². The van der Waals surface area contributed by atoms with Gasteiger partial charge in [0, 0.05) is 37.4 Å². The number of anilines is 1. The molecule has 0 radical (unpaired) electrons. The van der Waals surface area contributed by atoms with Crippen molar-refractivity contribution in [2.75, 3.05) is 32.0 Å². The van der Waals surface area contributed by atoms with Gasteiger partial charge in [-0.25, -0.2) is 0 Å². The fourth-order valence-electron chi connectivity index (χ4n) is 3.74. The van der Waals surface area contributed by atoms with E-state index in [2.05, 4.69) is 17.9 Å². The number of benzene rings is 1. The summed E-state index contributed by atoms with van der Waals surface area (Å²) in [5, 5.41) is 0. The van der Waals surface area contributed by atoms with Crippen molar-refractivity contribution in [3.63, 3.8) is 0 Å². The highest BCUT2D eigenvalue weighted by Crippen LogP contribution is 2.25. The summed E-state index contributed by atoms with van der Waals surface area (Å²) in [6.07, 6.45) is 5.10. The molecule has 24 heavy (non-hydrogen) atoms. The summed E-state index contributed by atoms with van der Waals surface area (Å²) >= 11 is 0. The highest BCUT2D eigenvalue weighted by Gasteiger charge is 2.21. The van der Waals surface area contributed by atoms with Gasteiger partial charge in [0.15, 0.2) is 5.78 Å². The normalized spacial score (nSPS) is 21.0. The van der Waals surface area contributed by atoms with Gasteiger partial charge < -0.3 is 10.5 Å². The Morgan fingerprint density at radius 2 is 1.92 bits per heavy atom. The third-order valence-electron chi connectivity index (χ3n) is 5.52. The van der Waals surface area contributed by atoms with Crippen LogP contribution < -0.4 is 5.73 Å². The van der Waals surface area contributed by atoms with E-state index in [4.69, 9.17) is 10.5 Å². The Morgan fingerprint density at radius 3 is 2.62 bits per heavy atom. The number of piperidine rings is 1. The number of Topliss-reactive ketones (excluding diaryl/α,β-unsaturated/α-hetero) is 1. The van der Waals surface area contributed by atoms with E-state index in [1.54, 1.807) is 0 Å². The van der Waals surface area contributed by atoms with E-state index in [0.717, 1.165) is 51.6 Å². The number of carbonyl (C=O) groups excluding carboxylic acids is 1. The van der Waals surface area contributed by atoms with Crippen molar-refractivity contribution in [2.45, 2.75) is 45.6 Å². The molecule has 3 rings (SSSR count). The average Bonchev–Trinajstić information content (AvgIpc) is 2.59. The molecule has 2 heterocycles. The summed E-state index contributed by atoms with van der Waals surface area (Å²) in [4.78, 5) is 15.2. The monoisotopic (exact) mass is 330 g/mol. The van der Waals surface area contributed by atoms with Crippen molar-refractivity contribution in [1.29, 1.82) is 0 Å². The zero-order chi connectivity index (χ0) is 16.9. The number of carbonyl (C=O) groups is 1. The summed E-state index contributed by atoms with van der Waals surface area (Å²) < 4.78 is 5.38. The average molecular weight is 330 g/mol. The van der Waals surface area contributed by atoms with Gasteiger partial charge in [-0.2, -0.15) is 0 Å². The number of nitrogen functional groups attached to an aromatic ring is 1. The van der Waals surface area contributed by atoms with Gasteiger partial charge >= 0.3 is 0 Å². The van der Waals surface area contributed by atoms with Crippen LogP contribution in [0.4, 0.5) is 5.69 Å². The lowest BCUT2D eigenvalue weighted by Crippen LogP contribution is -2.32. The second-order valence-electron chi connectivity index (χ2n) is 7.56. The Bertz CT molecular complexity index is 559. The molecule has 2 aliphatic rings. The first-order valence-electron chi connectivity index (χ1n) is 9.33. The molecule has 4 heteroatoms. The van der Waals surface area contributed by atoms with Gasteiger partial charge in [-0.1, -0.05) is 13.0 Å². The maximum absolute atomic E-state index is 12.7. The molecule has 2 N–H and O–H groups in total. The minimum Gasteiger partial charge on any atom is -0.398 e. The van der Waals surface area contributed by atoms with E-state index < -0.39 is 0 Å². The maximum atomic E-state index is 12.7. The van der Waals surface area contributed by atoms with Crippen molar-refractivity contribution in [1.82, 2.24) is 4.90 Å². The summed E-state index contributed by atoms with van der Waals surface area (Å²) in [6.45, 7) is 7.10. The molecule has 1 aromatic carbocycles. The molecule has 0 saturated carbocycles. The Balaban J connectivity index is 1.63. The van der Waals surface area contributed by atoms with Crippen LogP contribution in [0.15, 0.2) is 18.2 Å². The molecule has 2 fully saturated rings. The number of rotatable bonds is 5. The summed E-state index contributed by atoms with van der Waals surface area (Å²) in [5.41, 5.74) is 8.62. The van der Waals surface area contributed by atoms with Crippen LogP contribution in [0.1, 0.15) is 54.9 Å². The van der Waals surface area contributed by atoms with Crippen molar-refractivity contribution >= 4 is 11.5 Å². The van der Waals surface area contributed by atoms with E-state index in [0.29, 0.717) is 23.6 Å². The summed E-state index contributed by atoms with van der Waals surface area (Å²) in [7, 11) is 0. The smallest absolute Gasteiger partial charge is 0.165 e. The number of likely N-dealkylation sites (tertiary alicyclic amines) is 1. The maximum Gasteiger partial charge on any atom is 0.165 e. The summed E-state index contributed by atoms with van der Waals surface area (Å²) in [6, 6.07) is 5.99. The molecular formula is C20H30N2O2. The molecule has 2 saturated heterocycles. The highest BCUT2D eigenvalue weighted by molar-refractivity contribution is 6.01. The molecule has 0 spiro atoms. The van der Waals surface area contributed by atoms with Crippen LogP contribution in [0.2, 0.25) is 0 Å². The van der Waals surface area contributed by atoms with Gasteiger partial charge in [0.25, 0.3) is 0 Å². The fraction of sp³-hybridized carbons (Fsp3) is 0.650. The van der Waals surface area contributed by atoms with Crippen LogP contribution in [-0.4, -0.2) is 37.0 Å². The molecule has 0 aromatic heterocycles. The molecule has 0 atom stereocenters. The third kappa shape index (κ3) is 4.58. The lowest BCUT2D eigenvalue weighted by Gasteiger charge is -2.30. The predicted octanol–water partition coefficient (Wildman–Crippen LogP) is 3.50. The van der Waals surface area contributed by atoms with Crippen molar-refractivity contribution in [3.8, 4) is 0 Å². The second kappa shape index (κ2) is 8.13. The molecule has 0 amide bonds. The summed E-state index contributed by atoms with van der Waals surface area (Å²) in [5.74, 6) is 1.47. The first kappa shape index (κ1) is 17.4. The number of hydrogen-bond acceptors (Lipinski definition) is 4. The van der Waals surface area contributed by atoms with Crippen molar-refractivity contribution in [3.05, 3.63) is 29.3 Å². The Kier molecular flexibility index (Phi) is 5.90. The van der Waals surface area contributed by atoms with E-state index in [1.165, 1.54) is 18.4 Å². The lowest BCUT2D eigenvalue weighted by molar-refractivity contribution is 0.0601. The van der Waals surface area contributed by atoms with Gasteiger partial charge in [0.05, 0.1) is 0 Å². The Labute approximate surface area is 145 Å². The van der Waals surface area contributed by atoms with Gasteiger partial charge in [-0.3, -0.25) is 9.69 Å². The lowest BCUT2D eigenvalue weighted by atomic mass is 9.91. The predicted molar refractivity (Wildman–Crippen MR) is 97.0 cm³/mol. The number of hydrogen-bond donors (Lipinski definition) is 1. The Morgan fingerprint density at radius 1 is 1.21 bits per heavy atom. The number of nitrogens with two attached hydrogens (primary N) is 1.